The SMILES string of the molecule is Cc1ccc(C(=O)N2CCC(C)C3CCCCC32)c(=O)[nH]1. The highest BCUT2D eigenvalue weighted by atomic mass is 16.2. The van der Waals surface area contributed by atoms with Crippen LogP contribution in [0.1, 0.15) is 55.1 Å². The summed E-state index contributed by atoms with van der Waals surface area (Å²) in [4.78, 5) is 29.6. The van der Waals surface area contributed by atoms with Crippen molar-refractivity contribution in [1.82, 2.24) is 9.88 Å². The van der Waals surface area contributed by atoms with Crippen molar-refractivity contribution in [2.24, 2.45) is 11.8 Å². The maximum absolute atomic E-state index is 12.8. The van der Waals surface area contributed by atoms with Gasteiger partial charge in [0, 0.05) is 18.3 Å². The minimum atomic E-state index is -0.258. The van der Waals surface area contributed by atoms with Crippen LogP contribution in [-0.4, -0.2) is 28.4 Å². The van der Waals surface area contributed by atoms with E-state index in [2.05, 4.69) is 11.9 Å². The highest BCUT2D eigenvalue weighted by Gasteiger charge is 2.39. The number of rotatable bonds is 1. The largest absolute Gasteiger partial charge is 0.335 e. The molecule has 2 fully saturated rings. The number of carbonyl (C=O) groups is 1. The van der Waals surface area contributed by atoms with E-state index in [0.717, 1.165) is 25.1 Å². The molecule has 3 unspecified atom stereocenters. The number of aryl methyl sites for hydroxylation is 1. The number of piperidine rings is 1. The lowest BCUT2D eigenvalue weighted by atomic mass is 9.72. The highest BCUT2D eigenvalue weighted by Crippen LogP contribution is 2.39. The maximum atomic E-state index is 12.8. The molecule has 3 rings (SSSR count). The number of hydrogen-bond acceptors (Lipinski definition) is 2. The van der Waals surface area contributed by atoms with E-state index < -0.39 is 0 Å². The zero-order valence-electron chi connectivity index (χ0n) is 12.9. The first-order valence-corrected chi connectivity index (χ1v) is 8.09. The van der Waals surface area contributed by atoms with Crippen molar-refractivity contribution in [3.05, 3.63) is 33.7 Å². The van der Waals surface area contributed by atoms with Crippen molar-refractivity contribution >= 4 is 5.91 Å². The highest BCUT2D eigenvalue weighted by molar-refractivity contribution is 5.94. The van der Waals surface area contributed by atoms with Crippen LogP contribution in [-0.2, 0) is 0 Å². The van der Waals surface area contributed by atoms with Crippen LogP contribution in [0.4, 0.5) is 0 Å². The molecule has 0 radical (unpaired) electrons. The quantitative estimate of drug-likeness (QED) is 0.864. The van der Waals surface area contributed by atoms with Crippen molar-refractivity contribution in [1.29, 1.82) is 0 Å². The standard InChI is InChI=1S/C17H24N2O2/c1-11-9-10-19(15-6-4-3-5-13(11)15)17(21)14-8-7-12(2)18-16(14)20/h7-8,11,13,15H,3-6,9-10H2,1-2H3,(H,18,20). The normalized spacial score (nSPS) is 29.0. The second-order valence-corrected chi connectivity index (χ2v) is 6.66. The minimum Gasteiger partial charge on any atom is -0.335 e. The molecule has 1 aliphatic carbocycles. The molecule has 1 aromatic rings. The lowest BCUT2D eigenvalue weighted by Gasteiger charge is -2.47. The van der Waals surface area contributed by atoms with Gasteiger partial charge in [-0.3, -0.25) is 9.59 Å². The van der Waals surface area contributed by atoms with Gasteiger partial charge in [0.1, 0.15) is 5.56 Å². The molecule has 1 saturated heterocycles. The molecular formula is C17H24N2O2. The van der Waals surface area contributed by atoms with Crippen molar-refractivity contribution < 1.29 is 4.79 Å². The molecule has 21 heavy (non-hydrogen) atoms. The zero-order chi connectivity index (χ0) is 15.0. The molecule has 1 amide bonds. The molecule has 2 aliphatic rings. The van der Waals surface area contributed by atoms with Gasteiger partial charge in [-0.15, -0.1) is 0 Å². The average Bonchev–Trinajstić information content (AvgIpc) is 2.47. The number of likely N-dealkylation sites (tertiary alicyclic amines) is 1. The lowest BCUT2D eigenvalue weighted by Crippen LogP contribution is -2.53. The van der Waals surface area contributed by atoms with E-state index in [1.165, 1.54) is 19.3 Å². The fraction of sp³-hybridized carbons (Fsp3) is 0.647. The topological polar surface area (TPSA) is 53.2 Å². The third-order valence-corrected chi connectivity index (χ3v) is 5.28. The molecule has 114 valence electrons. The molecule has 0 bridgehead atoms. The molecule has 4 heteroatoms. The second-order valence-electron chi connectivity index (χ2n) is 6.66. The summed E-state index contributed by atoms with van der Waals surface area (Å²) in [6, 6.07) is 3.81. The van der Waals surface area contributed by atoms with E-state index >= 15 is 0 Å². The van der Waals surface area contributed by atoms with Crippen LogP contribution >= 0.6 is 0 Å². The summed E-state index contributed by atoms with van der Waals surface area (Å²) in [7, 11) is 0. The number of H-pyrrole nitrogens is 1. The Labute approximate surface area is 125 Å². The summed E-state index contributed by atoms with van der Waals surface area (Å²) in [5.74, 6) is 1.22. The van der Waals surface area contributed by atoms with Gasteiger partial charge in [-0.2, -0.15) is 0 Å². The summed E-state index contributed by atoms with van der Waals surface area (Å²) >= 11 is 0. The number of hydrogen-bond donors (Lipinski definition) is 1. The molecular weight excluding hydrogens is 264 g/mol. The molecule has 1 aliphatic heterocycles. The Morgan fingerprint density at radius 2 is 2.00 bits per heavy atom. The minimum absolute atomic E-state index is 0.0833. The molecule has 4 nitrogen and oxygen atoms in total. The van der Waals surface area contributed by atoms with Crippen LogP contribution in [0.25, 0.3) is 0 Å². The molecule has 2 heterocycles. The van der Waals surface area contributed by atoms with E-state index in [-0.39, 0.29) is 11.5 Å². The third-order valence-electron chi connectivity index (χ3n) is 5.28. The molecule has 1 saturated carbocycles. The van der Waals surface area contributed by atoms with Crippen LogP contribution in [0.2, 0.25) is 0 Å². The van der Waals surface area contributed by atoms with Gasteiger partial charge in [0.05, 0.1) is 0 Å². The van der Waals surface area contributed by atoms with Gasteiger partial charge in [-0.1, -0.05) is 19.8 Å². The number of nitrogens with one attached hydrogen (secondary N) is 1. The van der Waals surface area contributed by atoms with Crippen LogP contribution in [0, 0.1) is 18.8 Å². The number of nitrogens with zero attached hydrogens (tertiary/aromatic N) is 1. The number of aromatic amines is 1. The van der Waals surface area contributed by atoms with Crippen molar-refractivity contribution in [2.75, 3.05) is 6.54 Å². The van der Waals surface area contributed by atoms with E-state index in [9.17, 15) is 9.59 Å². The monoisotopic (exact) mass is 288 g/mol. The molecule has 3 atom stereocenters. The first-order valence-electron chi connectivity index (χ1n) is 8.09. The Morgan fingerprint density at radius 3 is 2.76 bits per heavy atom. The van der Waals surface area contributed by atoms with Crippen LogP contribution in [0.5, 0.6) is 0 Å². The van der Waals surface area contributed by atoms with E-state index in [0.29, 0.717) is 23.4 Å². The van der Waals surface area contributed by atoms with Gasteiger partial charge in [0.2, 0.25) is 0 Å². The smallest absolute Gasteiger partial charge is 0.260 e. The summed E-state index contributed by atoms with van der Waals surface area (Å²) in [5.41, 5.74) is 0.824. The molecule has 0 aromatic carbocycles. The van der Waals surface area contributed by atoms with Gasteiger partial charge in [0.15, 0.2) is 0 Å². The predicted octanol–water partition coefficient (Wildman–Crippen LogP) is 2.72. The fourth-order valence-electron chi connectivity index (χ4n) is 4.06. The number of pyridine rings is 1. The summed E-state index contributed by atoms with van der Waals surface area (Å²) in [6.07, 6.45) is 5.83. The van der Waals surface area contributed by atoms with Crippen LogP contribution in [0.15, 0.2) is 16.9 Å². The average molecular weight is 288 g/mol. The van der Waals surface area contributed by atoms with Crippen molar-refractivity contribution in [3.8, 4) is 0 Å². The van der Waals surface area contributed by atoms with Crippen molar-refractivity contribution in [3.63, 3.8) is 0 Å². The number of aromatic nitrogens is 1. The third kappa shape index (κ3) is 2.63. The fourth-order valence-corrected chi connectivity index (χ4v) is 4.06. The first-order chi connectivity index (χ1) is 10.1. The maximum Gasteiger partial charge on any atom is 0.260 e. The Balaban J connectivity index is 1.88. The number of carbonyl (C=O) groups excluding carboxylic acids is 1. The van der Waals surface area contributed by atoms with Gasteiger partial charge in [-0.05, 0) is 50.2 Å². The number of fused-ring (bicyclic) bond motifs is 1. The zero-order valence-corrected chi connectivity index (χ0v) is 12.9. The second kappa shape index (κ2) is 5.66. The number of amides is 1. The van der Waals surface area contributed by atoms with E-state index in [1.54, 1.807) is 12.1 Å². The Bertz CT molecular complexity index is 593. The van der Waals surface area contributed by atoms with Crippen LogP contribution in [0.3, 0.4) is 0 Å². The Morgan fingerprint density at radius 1 is 1.24 bits per heavy atom. The summed E-state index contributed by atoms with van der Waals surface area (Å²) < 4.78 is 0. The predicted molar refractivity (Wildman–Crippen MR) is 82.4 cm³/mol. The van der Waals surface area contributed by atoms with Gasteiger partial charge < -0.3 is 9.88 Å². The Kier molecular flexibility index (Phi) is 3.87. The van der Waals surface area contributed by atoms with E-state index in [4.69, 9.17) is 0 Å². The lowest BCUT2D eigenvalue weighted by molar-refractivity contribution is 0.0216. The Hall–Kier alpha value is -1.58. The van der Waals surface area contributed by atoms with Crippen molar-refractivity contribution in [2.45, 2.75) is 52.0 Å². The molecule has 1 aromatic heterocycles. The van der Waals surface area contributed by atoms with Gasteiger partial charge in [-0.25, -0.2) is 0 Å². The molecule has 1 N–H and O–H groups in total. The first kappa shape index (κ1) is 14.4. The van der Waals surface area contributed by atoms with Gasteiger partial charge >= 0.3 is 0 Å². The molecule has 0 spiro atoms. The van der Waals surface area contributed by atoms with E-state index in [1.807, 2.05) is 11.8 Å². The summed E-state index contributed by atoms with van der Waals surface area (Å²) in [6.45, 7) is 4.92. The van der Waals surface area contributed by atoms with Gasteiger partial charge in [0.25, 0.3) is 11.5 Å². The summed E-state index contributed by atoms with van der Waals surface area (Å²) in [5, 5.41) is 0. The van der Waals surface area contributed by atoms with Crippen LogP contribution < -0.4 is 5.56 Å².